The lowest BCUT2D eigenvalue weighted by molar-refractivity contribution is -0.135. The van der Waals surface area contributed by atoms with Crippen molar-refractivity contribution in [3.05, 3.63) is 30.6 Å². The highest BCUT2D eigenvalue weighted by Gasteiger charge is 2.35. The SMILES string of the molecule is CC(C(=O)N1CCN(S(=O)(=O)N2CCN(C)CC2)CC1)n1cnc2ccccc21. The normalized spacial score (nSPS) is 21.5. The van der Waals surface area contributed by atoms with E-state index < -0.39 is 10.2 Å². The molecule has 0 N–H and O–H groups in total. The summed E-state index contributed by atoms with van der Waals surface area (Å²) in [6, 6.07) is 7.34. The predicted octanol–water partition coefficient (Wildman–Crippen LogP) is 0.234. The van der Waals surface area contributed by atoms with E-state index in [0.717, 1.165) is 24.1 Å². The predicted molar refractivity (Wildman–Crippen MR) is 111 cm³/mol. The Kier molecular flexibility index (Phi) is 5.60. The Bertz CT molecular complexity index is 975. The smallest absolute Gasteiger partial charge is 0.282 e. The number of nitrogens with zero attached hydrogens (tertiary/aromatic N) is 6. The minimum absolute atomic E-state index is 0.00945. The first kappa shape index (κ1) is 20.3. The number of hydrogen-bond acceptors (Lipinski definition) is 5. The molecule has 2 aliphatic heterocycles. The molecule has 0 spiro atoms. The van der Waals surface area contributed by atoms with E-state index in [9.17, 15) is 13.2 Å². The second kappa shape index (κ2) is 8.02. The molecule has 1 amide bonds. The molecule has 1 unspecified atom stereocenters. The first-order valence-corrected chi connectivity index (χ1v) is 11.4. The lowest BCUT2D eigenvalue weighted by Gasteiger charge is -2.39. The topological polar surface area (TPSA) is 82.0 Å². The summed E-state index contributed by atoms with van der Waals surface area (Å²) in [5.74, 6) is -0.00945. The highest BCUT2D eigenvalue weighted by atomic mass is 32.2. The fraction of sp³-hybridized carbons (Fsp3) is 0.579. The second-order valence-corrected chi connectivity index (χ2v) is 9.68. The van der Waals surface area contributed by atoms with Gasteiger partial charge in [0.05, 0.1) is 17.4 Å². The third-order valence-corrected chi connectivity index (χ3v) is 7.96. The van der Waals surface area contributed by atoms with Crippen LogP contribution in [0.5, 0.6) is 0 Å². The number of aromatic nitrogens is 2. The molecule has 10 heteroatoms. The van der Waals surface area contributed by atoms with Crippen molar-refractivity contribution in [1.29, 1.82) is 0 Å². The van der Waals surface area contributed by atoms with Crippen LogP contribution in [-0.4, -0.2) is 102 Å². The Morgan fingerprint density at radius 1 is 0.966 bits per heavy atom. The van der Waals surface area contributed by atoms with Gasteiger partial charge >= 0.3 is 0 Å². The average molecular weight is 421 g/mol. The van der Waals surface area contributed by atoms with E-state index in [0.29, 0.717) is 39.3 Å². The molecular formula is C19H28N6O3S. The fourth-order valence-electron chi connectivity index (χ4n) is 3.99. The molecule has 158 valence electrons. The number of piperazine rings is 2. The third kappa shape index (κ3) is 3.89. The summed E-state index contributed by atoms with van der Waals surface area (Å²) >= 11 is 0. The van der Waals surface area contributed by atoms with E-state index in [-0.39, 0.29) is 11.9 Å². The van der Waals surface area contributed by atoms with Gasteiger partial charge in [0.25, 0.3) is 10.2 Å². The molecule has 0 bridgehead atoms. The minimum Gasteiger partial charge on any atom is -0.338 e. The maximum absolute atomic E-state index is 13.0. The van der Waals surface area contributed by atoms with Gasteiger partial charge < -0.3 is 14.4 Å². The maximum atomic E-state index is 13.0. The molecule has 1 aromatic carbocycles. The Hall–Kier alpha value is -2.01. The van der Waals surface area contributed by atoms with Crippen molar-refractivity contribution in [2.24, 2.45) is 0 Å². The fourth-order valence-corrected chi connectivity index (χ4v) is 5.57. The zero-order chi connectivity index (χ0) is 20.6. The first-order chi connectivity index (χ1) is 13.9. The van der Waals surface area contributed by atoms with Crippen LogP contribution in [0, 0.1) is 0 Å². The van der Waals surface area contributed by atoms with E-state index in [1.54, 1.807) is 15.5 Å². The Balaban J connectivity index is 1.39. The number of hydrogen-bond donors (Lipinski definition) is 0. The summed E-state index contributed by atoms with van der Waals surface area (Å²) in [7, 11) is -1.46. The molecule has 2 fully saturated rings. The lowest BCUT2D eigenvalue weighted by Crippen LogP contribution is -2.57. The van der Waals surface area contributed by atoms with Gasteiger partial charge in [-0.3, -0.25) is 4.79 Å². The summed E-state index contributed by atoms with van der Waals surface area (Å²) in [5.41, 5.74) is 1.78. The van der Waals surface area contributed by atoms with Gasteiger partial charge in [0.2, 0.25) is 5.91 Å². The molecule has 0 aliphatic carbocycles. The van der Waals surface area contributed by atoms with Crippen molar-refractivity contribution >= 4 is 27.1 Å². The van der Waals surface area contributed by atoms with Crippen LogP contribution in [0.25, 0.3) is 11.0 Å². The van der Waals surface area contributed by atoms with E-state index in [1.165, 1.54) is 4.31 Å². The Labute approximate surface area is 171 Å². The number of amides is 1. The minimum atomic E-state index is -3.46. The number of rotatable bonds is 4. The van der Waals surface area contributed by atoms with Crippen molar-refractivity contribution in [1.82, 2.24) is 28.0 Å². The highest BCUT2D eigenvalue weighted by Crippen LogP contribution is 2.21. The van der Waals surface area contributed by atoms with Gasteiger partial charge in [0, 0.05) is 52.4 Å². The van der Waals surface area contributed by atoms with Crippen LogP contribution in [0.1, 0.15) is 13.0 Å². The monoisotopic (exact) mass is 420 g/mol. The zero-order valence-electron chi connectivity index (χ0n) is 16.9. The van der Waals surface area contributed by atoms with Crippen LogP contribution in [0.15, 0.2) is 30.6 Å². The standard InChI is InChI=1S/C19H28N6O3S/c1-16(25-15-20-17-5-3-4-6-18(17)25)19(26)22-9-13-24(14-10-22)29(27,28)23-11-7-21(2)8-12-23/h3-6,15-16H,7-14H2,1-2H3. The van der Waals surface area contributed by atoms with Gasteiger partial charge in [0.15, 0.2) is 0 Å². The molecule has 29 heavy (non-hydrogen) atoms. The average Bonchev–Trinajstić information content (AvgIpc) is 3.17. The highest BCUT2D eigenvalue weighted by molar-refractivity contribution is 7.86. The number of carbonyl (C=O) groups excluding carboxylic acids is 1. The zero-order valence-corrected chi connectivity index (χ0v) is 17.8. The molecule has 3 heterocycles. The number of fused-ring (bicyclic) bond motifs is 1. The molecule has 9 nitrogen and oxygen atoms in total. The van der Waals surface area contributed by atoms with Gasteiger partial charge in [-0.15, -0.1) is 0 Å². The van der Waals surface area contributed by atoms with Gasteiger partial charge in [0.1, 0.15) is 6.04 Å². The third-order valence-electron chi connectivity index (χ3n) is 5.92. The van der Waals surface area contributed by atoms with Crippen LogP contribution in [0.3, 0.4) is 0 Å². The van der Waals surface area contributed by atoms with E-state index in [4.69, 9.17) is 0 Å². The molecule has 4 rings (SSSR count). The Morgan fingerprint density at radius 3 is 2.21 bits per heavy atom. The molecule has 0 radical (unpaired) electrons. The molecule has 2 saturated heterocycles. The molecule has 1 aromatic heterocycles. The van der Waals surface area contributed by atoms with Gasteiger partial charge in [-0.05, 0) is 26.1 Å². The summed E-state index contributed by atoms with van der Waals surface area (Å²) in [4.78, 5) is 21.3. The van der Waals surface area contributed by atoms with Crippen LogP contribution >= 0.6 is 0 Å². The van der Waals surface area contributed by atoms with Gasteiger partial charge in [-0.1, -0.05) is 12.1 Å². The number of imidazole rings is 1. The number of carbonyl (C=O) groups is 1. The van der Waals surface area contributed by atoms with Crippen molar-refractivity contribution in [2.75, 3.05) is 59.4 Å². The summed E-state index contributed by atoms with van der Waals surface area (Å²) in [6.07, 6.45) is 1.70. The van der Waals surface area contributed by atoms with Crippen LogP contribution < -0.4 is 0 Å². The summed E-state index contributed by atoms with van der Waals surface area (Å²) in [5, 5.41) is 0. The van der Waals surface area contributed by atoms with Crippen molar-refractivity contribution in [3.63, 3.8) is 0 Å². The van der Waals surface area contributed by atoms with E-state index in [1.807, 2.05) is 42.8 Å². The Morgan fingerprint density at radius 2 is 1.55 bits per heavy atom. The molecule has 1 atom stereocenters. The summed E-state index contributed by atoms with van der Waals surface area (Å²) < 4.78 is 30.8. The van der Waals surface area contributed by atoms with Crippen LogP contribution in [0.4, 0.5) is 0 Å². The van der Waals surface area contributed by atoms with E-state index in [2.05, 4.69) is 9.88 Å². The van der Waals surface area contributed by atoms with Gasteiger partial charge in [-0.25, -0.2) is 4.98 Å². The van der Waals surface area contributed by atoms with E-state index >= 15 is 0 Å². The second-order valence-electron chi connectivity index (χ2n) is 7.75. The maximum Gasteiger partial charge on any atom is 0.282 e. The van der Waals surface area contributed by atoms with Crippen LogP contribution in [-0.2, 0) is 15.0 Å². The lowest BCUT2D eigenvalue weighted by atomic mass is 10.2. The van der Waals surface area contributed by atoms with Crippen molar-refractivity contribution < 1.29 is 13.2 Å². The summed E-state index contributed by atoms with van der Waals surface area (Å²) in [6.45, 7) is 5.86. The quantitative estimate of drug-likeness (QED) is 0.708. The number of benzene rings is 1. The molecule has 0 saturated carbocycles. The number of para-hydroxylation sites is 2. The van der Waals surface area contributed by atoms with Crippen LogP contribution in [0.2, 0.25) is 0 Å². The largest absolute Gasteiger partial charge is 0.338 e. The van der Waals surface area contributed by atoms with Crippen molar-refractivity contribution in [3.8, 4) is 0 Å². The molecule has 2 aliphatic rings. The molecule has 2 aromatic rings. The number of likely N-dealkylation sites (N-methyl/N-ethyl adjacent to an activating group) is 1. The first-order valence-electron chi connectivity index (χ1n) is 10.0. The molecular weight excluding hydrogens is 392 g/mol. The van der Waals surface area contributed by atoms with Gasteiger partial charge in [-0.2, -0.15) is 17.0 Å². The van der Waals surface area contributed by atoms with Crippen molar-refractivity contribution in [2.45, 2.75) is 13.0 Å².